The average Bonchev–Trinajstić information content (AvgIpc) is 2.37. The lowest BCUT2D eigenvalue weighted by Crippen LogP contribution is -2.28. The SMILES string of the molecule is CCOC(=O)[C@@H]1N=Nc2ccc([N+](=O)[O-])cc2O1. The lowest BCUT2D eigenvalue weighted by atomic mass is 10.2. The van der Waals surface area contributed by atoms with Gasteiger partial charge in [-0.3, -0.25) is 10.1 Å². The van der Waals surface area contributed by atoms with E-state index in [1.165, 1.54) is 18.2 Å². The molecule has 0 aliphatic carbocycles. The summed E-state index contributed by atoms with van der Waals surface area (Å²) in [5.41, 5.74) is 0.189. The van der Waals surface area contributed by atoms with E-state index >= 15 is 0 Å². The smallest absolute Gasteiger partial charge is 0.372 e. The Balaban J connectivity index is 2.24. The molecule has 1 heterocycles. The maximum Gasteiger partial charge on any atom is 0.372 e. The molecule has 2 rings (SSSR count). The van der Waals surface area contributed by atoms with Crippen molar-refractivity contribution in [3.63, 3.8) is 0 Å². The summed E-state index contributed by atoms with van der Waals surface area (Å²) in [5, 5.41) is 18.0. The molecule has 18 heavy (non-hydrogen) atoms. The van der Waals surface area contributed by atoms with Crippen LogP contribution in [0.4, 0.5) is 11.4 Å². The standard InChI is InChI=1S/C10H9N3O5/c1-2-17-10(14)9-12-11-7-4-3-6(13(15)16)5-8(7)18-9/h3-5,9H,2H2,1H3/t9-/m1/s1. The van der Waals surface area contributed by atoms with Crippen molar-refractivity contribution >= 4 is 17.3 Å². The molecule has 0 unspecified atom stereocenters. The molecule has 0 saturated carbocycles. The largest absolute Gasteiger partial charge is 0.462 e. The van der Waals surface area contributed by atoms with Gasteiger partial charge in [-0.05, 0) is 13.0 Å². The van der Waals surface area contributed by atoms with Crippen LogP contribution in [0.5, 0.6) is 5.75 Å². The first-order chi connectivity index (χ1) is 8.61. The molecule has 1 aliphatic rings. The van der Waals surface area contributed by atoms with E-state index in [0.29, 0.717) is 5.69 Å². The predicted molar refractivity (Wildman–Crippen MR) is 58.7 cm³/mol. The van der Waals surface area contributed by atoms with Crippen LogP contribution >= 0.6 is 0 Å². The van der Waals surface area contributed by atoms with E-state index in [-0.39, 0.29) is 18.0 Å². The maximum absolute atomic E-state index is 11.4. The minimum Gasteiger partial charge on any atom is -0.462 e. The molecule has 1 aromatic rings. The topological polar surface area (TPSA) is 103 Å². The van der Waals surface area contributed by atoms with E-state index in [0.717, 1.165) is 0 Å². The summed E-state index contributed by atoms with van der Waals surface area (Å²) >= 11 is 0. The third-order valence-corrected chi connectivity index (χ3v) is 2.15. The molecule has 1 aromatic carbocycles. The summed E-state index contributed by atoms with van der Waals surface area (Å²) in [7, 11) is 0. The van der Waals surface area contributed by atoms with Crippen molar-refractivity contribution in [2.45, 2.75) is 13.2 Å². The maximum atomic E-state index is 11.4. The van der Waals surface area contributed by atoms with Crippen LogP contribution in [0, 0.1) is 10.1 Å². The molecule has 1 aliphatic heterocycles. The number of rotatable bonds is 3. The molecule has 1 atom stereocenters. The van der Waals surface area contributed by atoms with Gasteiger partial charge in [0.15, 0.2) is 5.75 Å². The number of nitro groups is 1. The Labute approximate surface area is 101 Å². The Morgan fingerprint density at radius 2 is 2.39 bits per heavy atom. The van der Waals surface area contributed by atoms with Gasteiger partial charge in [0.25, 0.3) is 5.69 Å². The normalized spacial score (nSPS) is 16.6. The van der Waals surface area contributed by atoms with Crippen LogP contribution in [0.25, 0.3) is 0 Å². The minimum absolute atomic E-state index is 0.136. The zero-order chi connectivity index (χ0) is 13.1. The van der Waals surface area contributed by atoms with Crippen LogP contribution in [0.15, 0.2) is 28.4 Å². The zero-order valence-electron chi connectivity index (χ0n) is 9.40. The summed E-state index contributed by atoms with van der Waals surface area (Å²) in [4.78, 5) is 21.4. The summed E-state index contributed by atoms with van der Waals surface area (Å²) in [6, 6.07) is 3.88. The molecule has 0 saturated heterocycles. The Morgan fingerprint density at radius 3 is 3.06 bits per heavy atom. The van der Waals surface area contributed by atoms with Gasteiger partial charge in [0.1, 0.15) is 5.69 Å². The second-order valence-corrected chi connectivity index (χ2v) is 3.35. The molecule has 0 fully saturated rings. The third kappa shape index (κ3) is 2.26. The summed E-state index contributed by atoms with van der Waals surface area (Å²) in [6.07, 6.45) is -1.21. The number of nitrogens with zero attached hydrogens (tertiary/aromatic N) is 3. The van der Waals surface area contributed by atoms with Gasteiger partial charge < -0.3 is 9.47 Å². The van der Waals surface area contributed by atoms with Crippen LogP contribution < -0.4 is 4.74 Å². The van der Waals surface area contributed by atoms with Crippen molar-refractivity contribution in [1.82, 2.24) is 0 Å². The summed E-state index contributed by atoms with van der Waals surface area (Å²) in [5.74, 6) is -0.546. The Morgan fingerprint density at radius 1 is 1.61 bits per heavy atom. The van der Waals surface area contributed by atoms with E-state index in [9.17, 15) is 14.9 Å². The van der Waals surface area contributed by atoms with Gasteiger partial charge in [0.2, 0.25) is 0 Å². The van der Waals surface area contributed by atoms with Crippen LogP contribution in [0.3, 0.4) is 0 Å². The Bertz CT molecular complexity index is 528. The highest BCUT2D eigenvalue weighted by Gasteiger charge is 2.27. The molecule has 0 spiro atoms. The van der Waals surface area contributed by atoms with Crippen molar-refractivity contribution in [3.05, 3.63) is 28.3 Å². The lowest BCUT2D eigenvalue weighted by Gasteiger charge is -2.17. The summed E-state index contributed by atoms with van der Waals surface area (Å²) < 4.78 is 9.92. The van der Waals surface area contributed by atoms with Crippen molar-refractivity contribution in [2.75, 3.05) is 6.61 Å². The van der Waals surface area contributed by atoms with E-state index in [1.807, 2.05) is 0 Å². The van der Waals surface area contributed by atoms with Crippen molar-refractivity contribution in [2.24, 2.45) is 10.2 Å². The van der Waals surface area contributed by atoms with Crippen LogP contribution in [-0.4, -0.2) is 23.7 Å². The highest BCUT2D eigenvalue weighted by Crippen LogP contribution is 2.35. The number of fused-ring (bicyclic) bond motifs is 1. The second kappa shape index (κ2) is 4.78. The zero-order valence-corrected chi connectivity index (χ0v) is 9.40. The van der Waals surface area contributed by atoms with Gasteiger partial charge in [-0.2, -0.15) is 0 Å². The van der Waals surface area contributed by atoms with Crippen LogP contribution in [-0.2, 0) is 9.53 Å². The molecular weight excluding hydrogens is 242 g/mol. The molecule has 0 bridgehead atoms. The molecule has 0 radical (unpaired) electrons. The number of carbonyl (C=O) groups is 1. The first kappa shape index (κ1) is 12.0. The Hall–Kier alpha value is -2.51. The first-order valence-electron chi connectivity index (χ1n) is 5.14. The highest BCUT2D eigenvalue weighted by atomic mass is 16.6. The average molecular weight is 251 g/mol. The van der Waals surface area contributed by atoms with E-state index in [4.69, 9.17) is 9.47 Å². The number of non-ortho nitro benzene ring substituents is 1. The predicted octanol–water partition coefficient (Wildman–Crippen LogP) is 1.96. The monoisotopic (exact) mass is 251 g/mol. The molecule has 94 valence electrons. The van der Waals surface area contributed by atoms with E-state index in [2.05, 4.69) is 10.2 Å². The van der Waals surface area contributed by atoms with Gasteiger partial charge in [-0.15, -0.1) is 10.2 Å². The number of hydrogen-bond donors (Lipinski definition) is 0. The molecule has 0 N–H and O–H groups in total. The van der Waals surface area contributed by atoms with E-state index < -0.39 is 17.1 Å². The number of ether oxygens (including phenoxy) is 2. The van der Waals surface area contributed by atoms with Gasteiger partial charge in [0.05, 0.1) is 17.6 Å². The number of azo groups is 1. The van der Waals surface area contributed by atoms with Crippen molar-refractivity contribution in [1.29, 1.82) is 0 Å². The third-order valence-electron chi connectivity index (χ3n) is 2.15. The molecule has 0 aromatic heterocycles. The van der Waals surface area contributed by atoms with Crippen molar-refractivity contribution < 1.29 is 19.2 Å². The minimum atomic E-state index is -1.21. The van der Waals surface area contributed by atoms with Gasteiger partial charge in [0, 0.05) is 6.07 Å². The number of carbonyl (C=O) groups excluding carboxylic acids is 1. The van der Waals surface area contributed by atoms with E-state index in [1.54, 1.807) is 6.92 Å². The quantitative estimate of drug-likeness (QED) is 0.464. The van der Waals surface area contributed by atoms with Gasteiger partial charge in [-0.1, -0.05) is 0 Å². The Kier molecular flexibility index (Phi) is 3.18. The van der Waals surface area contributed by atoms with Crippen LogP contribution in [0.2, 0.25) is 0 Å². The van der Waals surface area contributed by atoms with Crippen LogP contribution in [0.1, 0.15) is 6.92 Å². The molecule has 8 heteroatoms. The second-order valence-electron chi connectivity index (χ2n) is 3.35. The molecular formula is C10H9N3O5. The number of hydrogen-bond acceptors (Lipinski definition) is 7. The first-order valence-corrected chi connectivity index (χ1v) is 5.14. The number of esters is 1. The van der Waals surface area contributed by atoms with Gasteiger partial charge >= 0.3 is 12.2 Å². The fourth-order valence-corrected chi connectivity index (χ4v) is 1.36. The van der Waals surface area contributed by atoms with Crippen molar-refractivity contribution in [3.8, 4) is 5.75 Å². The molecule has 8 nitrogen and oxygen atoms in total. The summed E-state index contributed by atoms with van der Waals surface area (Å²) in [6.45, 7) is 1.84. The van der Waals surface area contributed by atoms with Gasteiger partial charge in [-0.25, -0.2) is 4.79 Å². The number of nitro benzene ring substituents is 1. The lowest BCUT2D eigenvalue weighted by molar-refractivity contribution is -0.384. The molecule has 0 amide bonds. The highest BCUT2D eigenvalue weighted by molar-refractivity contribution is 5.75. The number of benzene rings is 1. The fraction of sp³-hybridized carbons (Fsp3) is 0.300. The fourth-order valence-electron chi connectivity index (χ4n) is 1.36.